The van der Waals surface area contributed by atoms with E-state index in [2.05, 4.69) is 5.32 Å². The van der Waals surface area contributed by atoms with Crippen molar-refractivity contribution in [2.45, 2.75) is 12.5 Å². The van der Waals surface area contributed by atoms with Gasteiger partial charge < -0.3 is 10.4 Å². The molecule has 2 rings (SSSR count). The molecule has 4 nitrogen and oxygen atoms in total. The molecule has 2 aromatic rings. The molecule has 0 saturated heterocycles. The van der Waals surface area contributed by atoms with Crippen molar-refractivity contribution in [2.24, 2.45) is 0 Å². The summed E-state index contributed by atoms with van der Waals surface area (Å²) in [6.45, 7) is 0. The predicted molar refractivity (Wildman–Crippen MR) is 90.2 cm³/mol. The Labute approximate surface area is 139 Å². The van der Waals surface area contributed by atoms with Crippen LogP contribution in [0.15, 0.2) is 60.7 Å². The zero-order valence-corrected chi connectivity index (χ0v) is 13.0. The van der Waals surface area contributed by atoms with Crippen LogP contribution >= 0.6 is 11.6 Å². The molecule has 0 bridgehead atoms. The van der Waals surface area contributed by atoms with E-state index in [0.29, 0.717) is 5.02 Å². The van der Waals surface area contributed by atoms with Crippen LogP contribution in [0.4, 0.5) is 0 Å². The molecule has 118 valence electrons. The number of benzene rings is 2. The summed E-state index contributed by atoms with van der Waals surface area (Å²) in [4.78, 5) is 23.2. The predicted octanol–water partition coefficient (Wildman–Crippen LogP) is 3.17. The SMILES string of the molecule is O=C(/C=C/c1cccc(Cl)c1)N[C@@H](Cc1ccccc1)C(=O)O. The fourth-order valence-electron chi connectivity index (χ4n) is 2.05. The Kier molecular flexibility index (Phi) is 5.94. The zero-order chi connectivity index (χ0) is 16.7. The summed E-state index contributed by atoms with van der Waals surface area (Å²) in [5.41, 5.74) is 1.61. The first-order valence-corrected chi connectivity index (χ1v) is 7.43. The van der Waals surface area contributed by atoms with Gasteiger partial charge in [-0.2, -0.15) is 0 Å². The number of carboxylic acids is 1. The Bertz CT molecular complexity index is 713. The lowest BCUT2D eigenvalue weighted by Gasteiger charge is -2.13. The number of amides is 1. The van der Waals surface area contributed by atoms with Gasteiger partial charge in [0, 0.05) is 17.5 Å². The summed E-state index contributed by atoms with van der Waals surface area (Å²) in [7, 11) is 0. The molecule has 0 saturated carbocycles. The van der Waals surface area contributed by atoms with E-state index in [9.17, 15) is 14.7 Å². The Morgan fingerprint density at radius 3 is 2.52 bits per heavy atom. The van der Waals surface area contributed by atoms with Gasteiger partial charge in [-0.05, 0) is 29.3 Å². The third kappa shape index (κ3) is 5.60. The smallest absolute Gasteiger partial charge is 0.326 e. The number of rotatable bonds is 6. The number of carbonyl (C=O) groups is 2. The first-order valence-electron chi connectivity index (χ1n) is 7.05. The van der Waals surface area contributed by atoms with Gasteiger partial charge >= 0.3 is 5.97 Å². The van der Waals surface area contributed by atoms with Crippen molar-refractivity contribution in [1.29, 1.82) is 0 Å². The first kappa shape index (κ1) is 16.8. The minimum atomic E-state index is -1.07. The van der Waals surface area contributed by atoms with Crippen molar-refractivity contribution in [3.63, 3.8) is 0 Å². The zero-order valence-electron chi connectivity index (χ0n) is 12.3. The molecule has 1 atom stereocenters. The normalized spacial score (nSPS) is 12.0. The second-order valence-electron chi connectivity index (χ2n) is 4.98. The summed E-state index contributed by atoms with van der Waals surface area (Å²) in [6, 6.07) is 15.2. The van der Waals surface area contributed by atoms with Crippen LogP contribution in [-0.4, -0.2) is 23.0 Å². The van der Waals surface area contributed by atoms with E-state index in [-0.39, 0.29) is 6.42 Å². The van der Waals surface area contributed by atoms with Crippen LogP contribution < -0.4 is 5.32 Å². The van der Waals surface area contributed by atoms with Crippen molar-refractivity contribution in [1.82, 2.24) is 5.32 Å². The number of halogens is 1. The quantitative estimate of drug-likeness (QED) is 0.800. The Balaban J connectivity index is 1.99. The van der Waals surface area contributed by atoms with Crippen LogP contribution in [-0.2, 0) is 16.0 Å². The van der Waals surface area contributed by atoms with Crippen LogP contribution in [0.1, 0.15) is 11.1 Å². The van der Waals surface area contributed by atoms with E-state index in [4.69, 9.17) is 11.6 Å². The van der Waals surface area contributed by atoms with E-state index in [1.54, 1.807) is 30.3 Å². The maximum absolute atomic E-state index is 11.9. The minimum absolute atomic E-state index is 0.229. The fourth-order valence-corrected chi connectivity index (χ4v) is 2.25. The number of aliphatic carboxylic acids is 1. The fraction of sp³-hybridized carbons (Fsp3) is 0.111. The van der Waals surface area contributed by atoms with Crippen molar-refractivity contribution >= 4 is 29.6 Å². The Morgan fingerprint density at radius 2 is 1.87 bits per heavy atom. The first-order chi connectivity index (χ1) is 11.0. The van der Waals surface area contributed by atoms with Gasteiger partial charge in [-0.15, -0.1) is 0 Å². The molecule has 23 heavy (non-hydrogen) atoms. The molecule has 0 spiro atoms. The van der Waals surface area contributed by atoms with Gasteiger partial charge in [0.05, 0.1) is 0 Å². The monoisotopic (exact) mass is 329 g/mol. The van der Waals surface area contributed by atoms with E-state index >= 15 is 0 Å². The number of carbonyl (C=O) groups excluding carboxylic acids is 1. The van der Waals surface area contributed by atoms with Crippen LogP contribution in [0.3, 0.4) is 0 Å². The van der Waals surface area contributed by atoms with Gasteiger partial charge in [-0.1, -0.05) is 54.1 Å². The molecule has 0 aromatic heterocycles. The number of hydrogen-bond acceptors (Lipinski definition) is 2. The summed E-state index contributed by atoms with van der Waals surface area (Å²) >= 11 is 5.86. The van der Waals surface area contributed by atoms with Crippen molar-refractivity contribution < 1.29 is 14.7 Å². The van der Waals surface area contributed by atoms with Crippen LogP contribution in [0.5, 0.6) is 0 Å². The van der Waals surface area contributed by atoms with Crippen molar-refractivity contribution in [3.8, 4) is 0 Å². The lowest BCUT2D eigenvalue weighted by Crippen LogP contribution is -2.41. The average Bonchev–Trinajstić information content (AvgIpc) is 2.53. The highest BCUT2D eigenvalue weighted by atomic mass is 35.5. The maximum atomic E-state index is 11.9. The Morgan fingerprint density at radius 1 is 1.13 bits per heavy atom. The number of nitrogens with one attached hydrogen (secondary N) is 1. The molecule has 0 fully saturated rings. The number of carboxylic acid groups (broad SMARTS) is 1. The molecule has 0 aliphatic rings. The average molecular weight is 330 g/mol. The molecular formula is C18H16ClNO3. The van der Waals surface area contributed by atoms with Gasteiger partial charge in [0.15, 0.2) is 0 Å². The van der Waals surface area contributed by atoms with Crippen LogP contribution in [0, 0.1) is 0 Å². The van der Waals surface area contributed by atoms with Crippen LogP contribution in [0.25, 0.3) is 6.08 Å². The molecule has 0 aliphatic carbocycles. The minimum Gasteiger partial charge on any atom is -0.480 e. The summed E-state index contributed by atoms with van der Waals surface area (Å²) in [5, 5.41) is 12.3. The highest BCUT2D eigenvalue weighted by molar-refractivity contribution is 6.30. The summed E-state index contributed by atoms with van der Waals surface area (Å²) in [5.74, 6) is -1.54. The van der Waals surface area contributed by atoms with E-state index in [0.717, 1.165) is 11.1 Å². The van der Waals surface area contributed by atoms with Gasteiger partial charge in [0.1, 0.15) is 6.04 Å². The standard InChI is InChI=1S/C18H16ClNO3/c19-15-8-4-7-14(11-15)9-10-17(21)20-16(18(22)23)12-13-5-2-1-3-6-13/h1-11,16H,12H2,(H,20,21)(H,22,23)/b10-9+/t16-/m0/s1. The highest BCUT2D eigenvalue weighted by Crippen LogP contribution is 2.11. The molecule has 1 amide bonds. The molecule has 0 aliphatic heterocycles. The summed E-state index contributed by atoms with van der Waals surface area (Å²) < 4.78 is 0. The molecule has 5 heteroatoms. The Hall–Kier alpha value is -2.59. The summed E-state index contributed by atoms with van der Waals surface area (Å²) in [6.07, 6.45) is 3.11. The van der Waals surface area contributed by atoms with E-state index in [1.165, 1.54) is 6.08 Å². The van der Waals surface area contributed by atoms with Gasteiger partial charge in [0.25, 0.3) is 0 Å². The van der Waals surface area contributed by atoms with Crippen molar-refractivity contribution in [3.05, 3.63) is 76.8 Å². The van der Waals surface area contributed by atoms with Gasteiger partial charge in [-0.25, -0.2) is 4.79 Å². The molecule has 2 N–H and O–H groups in total. The van der Waals surface area contributed by atoms with Crippen LogP contribution in [0.2, 0.25) is 5.02 Å². The molecular weight excluding hydrogens is 314 g/mol. The third-order valence-electron chi connectivity index (χ3n) is 3.17. The second kappa shape index (κ2) is 8.15. The molecule has 2 aromatic carbocycles. The molecule has 0 heterocycles. The number of hydrogen-bond donors (Lipinski definition) is 2. The lowest BCUT2D eigenvalue weighted by molar-refractivity contribution is -0.141. The third-order valence-corrected chi connectivity index (χ3v) is 3.41. The van der Waals surface area contributed by atoms with Gasteiger partial charge in [0.2, 0.25) is 5.91 Å². The van der Waals surface area contributed by atoms with E-state index in [1.807, 2.05) is 30.3 Å². The largest absolute Gasteiger partial charge is 0.480 e. The molecule has 0 unspecified atom stereocenters. The topological polar surface area (TPSA) is 66.4 Å². The lowest BCUT2D eigenvalue weighted by atomic mass is 10.1. The maximum Gasteiger partial charge on any atom is 0.326 e. The highest BCUT2D eigenvalue weighted by Gasteiger charge is 2.19. The second-order valence-corrected chi connectivity index (χ2v) is 5.41. The van der Waals surface area contributed by atoms with E-state index < -0.39 is 17.9 Å². The molecule has 0 radical (unpaired) electrons. The van der Waals surface area contributed by atoms with Gasteiger partial charge in [-0.3, -0.25) is 4.79 Å². The van der Waals surface area contributed by atoms with Crippen molar-refractivity contribution in [2.75, 3.05) is 0 Å².